The highest BCUT2D eigenvalue weighted by Crippen LogP contribution is 2.56. The van der Waals surface area contributed by atoms with E-state index in [0.29, 0.717) is 11.9 Å². The molecular formula is C28H34O3PSi+. The smallest absolute Gasteiger partial charge is 0.334 e. The Morgan fingerprint density at radius 2 is 1.18 bits per heavy atom. The minimum absolute atomic E-state index is 0.182. The fourth-order valence-electron chi connectivity index (χ4n) is 3.90. The van der Waals surface area contributed by atoms with E-state index in [-0.39, 0.29) is 12.1 Å². The number of hydrogen-bond acceptors (Lipinski definition) is 3. The van der Waals surface area contributed by atoms with Crippen LogP contribution in [0.5, 0.6) is 0 Å². The Hall–Kier alpha value is -2.68. The quantitative estimate of drug-likeness (QED) is 0.131. The maximum absolute atomic E-state index is 12.7. The molecule has 3 aromatic rings. The first-order valence-corrected chi connectivity index (χ1v) is 16.7. The normalized spacial score (nSPS) is 12.5. The van der Waals surface area contributed by atoms with Gasteiger partial charge < -0.3 is 9.16 Å². The summed E-state index contributed by atoms with van der Waals surface area (Å²) in [5, 5.41) is 3.76. The van der Waals surface area contributed by atoms with E-state index in [1.807, 2.05) is 32.0 Å². The molecule has 0 saturated carbocycles. The monoisotopic (exact) mass is 477 g/mol. The van der Waals surface area contributed by atoms with Gasteiger partial charge in [-0.05, 0) is 69.9 Å². The van der Waals surface area contributed by atoms with Crippen molar-refractivity contribution in [3.8, 4) is 0 Å². The fourth-order valence-corrected chi connectivity index (χ4v) is 9.05. The minimum Gasteiger partial charge on any atom is -0.544 e. The summed E-state index contributed by atoms with van der Waals surface area (Å²) >= 11 is 0. The number of allylic oxidation sites excluding steroid dienone is 1. The highest BCUT2D eigenvalue weighted by molar-refractivity contribution is 7.95. The van der Waals surface area contributed by atoms with Crippen LogP contribution in [-0.2, 0) is 14.0 Å². The maximum Gasteiger partial charge on any atom is 0.334 e. The van der Waals surface area contributed by atoms with E-state index in [1.165, 1.54) is 15.9 Å². The lowest BCUT2D eigenvalue weighted by atomic mass is 10.3. The molecule has 0 aliphatic rings. The second-order valence-electron chi connectivity index (χ2n) is 9.29. The average molecular weight is 478 g/mol. The molecule has 3 rings (SSSR count). The van der Waals surface area contributed by atoms with Crippen molar-refractivity contribution >= 4 is 37.5 Å². The largest absolute Gasteiger partial charge is 0.544 e. The molecule has 3 nitrogen and oxygen atoms in total. The molecular weight excluding hydrogens is 443 g/mol. The van der Waals surface area contributed by atoms with E-state index in [0.717, 1.165) is 0 Å². The lowest BCUT2D eigenvalue weighted by Gasteiger charge is -2.30. The van der Waals surface area contributed by atoms with Gasteiger partial charge in [-0.1, -0.05) is 54.6 Å². The molecule has 0 saturated heterocycles. The van der Waals surface area contributed by atoms with Gasteiger partial charge in [-0.3, -0.25) is 0 Å². The molecule has 0 unspecified atom stereocenters. The number of rotatable bonds is 9. The lowest BCUT2D eigenvalue weighted by Crippen LogP contribution is -2.36. The van der Waals surface area contributed by atoms with Gasteiger partial charge in [-0.2, -0.15) is 0 Å². The van der Waals surface area contributed by atoms with E-state index in [2.05, 4.69) is 92.4 Å². The van der Waals surface area contributed by atoms with Gasteiger partial charge in [0.1, 0.15) is 35.1 Å². The molecule has 0 radical (unpaired) electrons. The highest BCUT2D eigenvalue weighted by atomic mass is 31.2. The molecule has 0 fully saturated rings. The van der Waals surface area contributed by atoms with Gasteiger partial charge in [0.05, 0.1) is 12.2 Å². The predicted molar refractivity (Wildman–Crippen MR) is 144 cm³/mol. The van der Waals surface area contributed by atoms with Crippen LogP contribution in [0.1, 0.15) is 13.8 Å². The fraction of sp³-hybridized carbons (Fsp3) is 0.250. The van der Waals surface area contributed by atoms with Crippen molar-refractivity contribution in [3.05, 3.63) is 103 Å². The molecule has 5 heteroatoms. The standard InChI is InChI=1S/C28H34O3PSi/c1-23(2)30-28(29)21-24(31-33(3,4)5)22-32(25-15-9-6-10-16-25,26-17-11-7-12-18-26)27-19-13-8-14-20-27/h6-21,23H,22H2,1-5H3/q+1/b24-21+. The minimum atomic E-state index is -2.16. The first kappa shape index (κ1) is 24.9. The number of benzene rings is 3. The SMILES string of the molecule is CC(C)OC(=O)/C=C(\C[P+](c1ccccc1)(c1ccccc1)c1ccccc1)O[Si](C)(C)C. The number of esters is 1. The third-order valence-corrected chi connectivity index (χ3v) is 10.3. The van der Waals surface area contributed by atoms with Crippen molar-refractivity contribution in [3.63, 3.8) is 0 Å². The molecule has 0 atom stereocenters. The topological polar surface area (TPSA) is 35.5 Å². The summed E-state index contributed by atoms with van der Waals surface area (Å²) in [4.78, 5) is 12.7. The van der Waals surface area contributed by atoms with E-state index in [9.17, 15) is 4.79 Å². The van der Waals surface area contributed by atoms with Crippen LogP contribution in [-0.4, -0.2) is 26.6 Å². The van der Waals surface area contributed by atoms with Crippen LogP contribution in [0.15, 0.2) is 103 Å². The van der Waals surface area contributed by atoms with Crippen molar-refractivity contribution < 1.29 is 14.0 Å². The van der Waals surface area contributed by atoms with Gasteiger partial charge in [0.15, 0.2) is 0 Å². The summed E-state index contributed by atoms with van der Waals surface area (Å²) in [6.07, 6.45) is 2.00. The molecule has 0 bridgehead atoms. The molecule has 172 valence electrons. The number of hydrogen-bond donors (Lipinski definition) is 0. The molecule has 0 N–H and O–H groups in total. The van der Waals surface area contributed by atoms with Crippen molar-refractivity contribution in [1.29, 1.82) is 0 Å². The number of carbonyl (C=O) groups is 1. The van der Waals surface area contributed by atoms with Crippen LogP contribution in [0.3, 0.4) is 0 Å². The summed E-state index contributed by atoms with van der Waals surface area (Å²) in [5.74, 6) is 0.343. The Bertz CT molecular complexity index is 962. The number of ether oxygens (including phenoxy) is 1. The molecule has 0 aromatic heterocycles. The molecule has 33 heavy (non-hydrogen) atoms. The van der Waals surface area contributed by atoms with Crippen LogP contribution in [0.4, 0.5) is 0 Å². The maximum atomic E-state index is 12.7. The average Bonchev–Trinajstić information content (AvgIpc) is 2.77. The second-order valence-corrected chi connectivity index (χ2v) is 17.2. The first-order chi connectivity index (χ1) is 15.7. The number of carbonyl (C=O) groups excluding carboxylic acids is 1. The Morgan fingerprint density at radius 1 is 0.788 bits per heavy atom. The van der Waals surface area contributed by atoms with Gasteiger partial charge in [0.2, 0.25) is 8.32 Å². The van der Waals surface area contributed by atoms with E-state index in [1.54, 1.807) is 6.08 Å². The van der Waals surface area contributed by atoms with Crippen molar-refractivity contribution in [2.24, 2.45) is 0 Å². The van der Waals surface area contributed by atoms with E-state index in [4.69, 9.17) is 9.16 Å². The lowest BCUT2D eigenvalue weighted by molar-refractivity contribution is -0.141. The summed E-state index contributed by atoms with van der Waals surface area (Å²) < 4.78 is 12.0. The van der Waals surface area contributed by atoms with Crippen LogP contribution in [0.2, 0.25) is 19.6 Å². The van der Waals surface area contributed by atoms with E-state index < -0.39 is 15.6 Å². The Kier molecular flexibility index (Phi) is 8.28. The second kappa shape index (κ2) is 11.0. The third kappa shape index (κ3) is 6.66. The first-order valence-electron chi connectivity index (χ1n) is 11.4. The molecule has 0 amide bonds. The highest BCUT2D eigenvalue weighted by Gasteiger charge is 2.47. The predicted octanol–water partition coefficient (Wildman–Crippen LogP) is 5.67. The summed E-state index contributed by atoms with van der Waals surface area (Å²) in [5.41, 5.74) is 0. The van der Waals surface area contributed by atoms with Gasteiger partial charge in [0.25, 0.3) is 0 Å². The summed E-state index contributed by atoms with van der Waals surface area (Å²) in [6.45, 7) is 10.1. The zero-order valence-electron chi connectivity index (χ0n) is 20.2. The zero-order chi connectivity index (χ0) is 23.9. The Morgan fingerprint density at radius 3 is 1.52 bits per heavy atom. The van der Waals surface area contributed by atoms with Gasteiger partial charge in [-0.15, -0.1) is 0 Å². The van der Waals surface area contributed by atoms with Crippen molar-refractivity contribution in [2.45, 2.75) is 39.6 Å². The molecule has 3 aromatic carbocycles. The molecule has 0 heterocycles. The Balaban J connectivity index is 2.25. The van der Waals surface area contributed by atoms with Crippen LogP contribution in [0, 0.1) is 0 Å². The van der Waals surface area contributed by atoms with Gasteiger partial charge >= 0.3 is 5.97 Å². The van der Waals surface area contributed by atoms with E-state index >= 15 is 0 Å². The zero-order valence-corrected chi connectivity index (χ0v) is 22.1. The van der Waals surface area contributed by atoms with Crippen LogP contribution < -0.4 is 15.9 Å². The van der Waals surface area contributed by atoms with Gasteiger partial charge in [0, 0.05) is 0 Å². The van der Waals surface area contributed by atoms with Crippen molar-refractivity contribution in [2.75, 3.05) is 6.16 Å². The Labute approximate surface area is 199 Å². The third-order valence-electron chi connectivity index (χ3n) is 5.05. The molecule has 0 spiro atoms. The van der Waals surface area contributed by atoms with Gasteiger partial charge in [-0.25, -0.2) is 4.79 Å². The van der Waals surface area contributed by atoms with Crippen LogP contribution in [0.25, 0.3) is 0 Å². The molecule has 0 aliphatic heterocycles. The summed E-state index contributed by atoms with van der Waals surface area (Å²) in [6, 6.07) is 31.9. The van der Waals surface area contributed by atoms with Crippen LogP contribution >= 0.6 is 7.26 Å². The summed E-state index contributed by atoms with van der Waals surface area (Å²) in [7, 11) is -4.15. The van der Waals surface area contributed by atoms with Crippen molar-refractivity contribution in [1.82, 2.24) is 0 Å². The molecule has 0 aliphatic carbocycles.